The van der Waals surface area contributed by atoms with Crippen molar-refractivity contribution in [1.29, 1.82) is 0 Å². The van der Waals surface area contributed by atoms with Gasteiger partial charge in [0.1, 0.15) is 0 Å². The van der Waals surface area contributed by atoms with Gasteiger partial charge in [-0.2, -0.15) is 0 Å². The van der Waals surface area contributed by atoms with Crippen molar-refractivity contribution in [2.45, 2.75) is 45.2 Å². The number of hydrogen-bond donors (Lipinski definition) is 1. The number of fused-ring (bicyclic) bond motifs is 1. The molecule has 1 aliphatic heterocycles. The Hall–Kier alpha value is -0.280. The SMILES string of the molecule is CC1CN(C(=O)C2C3CCCC32)C(C)CN1.Cl. The summed E-state index contributed by atoms with van der Waals surface area (Å²) in [5, 5.41) is 3.43. The van der Waals surface area contributed by atoms with Crippen LogP contribution in [0.2, 0.25) is 0 Å². The number of piperazine rings is 1. The van der Waals surface area contributed by atoms with E-state index >= 15 is 0 Å². The maximum atomic E-state index is 12.4. The molecule has 4 atom stereocenters. The summed E-state index contributed by atoms with van der Waals surface area (Å²) in [7, 11) is 0. The Bertz CT molecular complexity index is 300. The summed E-state index contributed by atoms with van der Waals surface area (Å²) >= 11 is 0. The molecule has 0 bridgehead atoms. The number of nitrogens with zero attached hydrogens (tertiary/aromatic N) is 1. The van der Waals surface area contributed by atoms with Crippen molar-refractivity contribution in [3.8, 4) is 0 Å². The van der Waals surface area contributed by atoms with Gasteiger partial charge in [-0.25, -0.2) is 0 Å². The quantitative estimate of drug-likeness (QED) is 0.776. The molecule has 3 rings (SSSR count). The average molecular weight is 259 g/mol. The van der Waals surface area contributed by atoms with E-state index in [1.165, 1.54) is 19.3 Å². The van der Waals surface area contributed by atoms with E-state index in [0.717, 1.165) is 24.9 Å². The van der Waals surface area contributed by atoms with Crippen LogP contribution in [0.15, 0.2) is 0 Å². The van der Waals surface area contributed by atoms with Gasteiger partial charge in [-0.1, -0.05) is 6.42 Å². The first-order valence-corrected chi connectivity index (χ1v) is 6.72. The van der Waals surface area contributed by atoms with Crippen molar-refractivity contribution in [1.82, 2.24) is 10.2 Å². The maximum Gasteiger partial charge on any atom is 0.226 e. The summed E-state index contributed by atoms with van der Waals surface area (Å²) < 4.78 is 0. The number of carbonyl (C=O) groups excluding carboxylic acids is 1. The Balaban J connectivity index is 0.00000108. The third kappa shape index (κ3) is 2.19. The molecule has 4 heteroatoms. The van der Waals surface area contributed by atoms with Crippen LogP contribution in [-0.4, -0.2) is 36.0 Å². The molecule has 1 amide bonds. The van der Waals surface area contributed by atoms with Gasteiger partial charge in [-0.15, -0.1) is 12.4 Å². The summed E-state index contributed by atoms with van der Waals surface area (Å²) in [5.41, 5.74) is 0. The molecule has 0 aromatic heterocycles. The zero-order valence-corrected chi connectivity index (χ0v) is 11.5. The van der Waals surface area contributed by atoms with Gasteiger partial charge in [-0.05, 0) is 38.5 Å². The van der Waals surface area contributed by atoms with Gasteiger partial charge in [0.25, 0.3) is 0 Å². The largest absolute Gasteiger partial charge is 0.337 e. The van der Waals surface area contributed by atoms with E-state index in [1.807, 2.05) is 0 Å². The highest BCUT2D eigenvalue weighted by Gasteiger charge is 2.57. The molecule has 2 aliphatic carbocycles. The van der Waals surface area contributed by atoms with E-state index < -0.39 is 0 Å². The molecule has 0 aromatic rings. The summed E-state index contributed by atoms with van der Waals surface area (Å²) in [4.78, 5) is 14.6. The molecular weight excluding hydrogens is 236 g/mol. The smallest absolute Gasteiger partial charge is 0.226 e. The fraction of sp³-hybridized carbons (Fsp3) is 0.923. The molecule has 0 spiro atoms. The predicted molar refractivity (Wildman–Crippen MR) is 70.2 cm³/mol. The minimum absolute atomic E-state index is 0. The number of halogens is 1. The van der Waals surface area contributed by atoms with Crippen LogP contribution >= 0.6 is 12.4 Å². The van der Waals surface area contributed by atoms with Crippen molar-refractivity contribution < 1.29 is 4.79 Å². The van der Waals surface area contributed by atoms with Crippen molar-refractivity contribution in [2.24, 2.45) is 17.8 Å². The van der Waals surface area contributed by atoms with Gasteiger partial charge in [0.15, 0.2) is 0 Å². The lowest BCUT2D eigenvalue weighted by molar-refractivity contribution is -0.136. The van der Waals surface area contributed by atoms with E-state index in [4.69, 9.17) is 0 Å². The Morgan fingerprint density at radius 2 is 1.88 bits per heavy atom. The van der Waals surface area contributed by atoms with E-state index in [0.29, 0.717) is 23.9 Å². The maximum absolute atomic E-state index is 12.4. The molecule has 1 heterocycles. The number of nitrogens with one attached hydrogen (secondary N) is 1. The molecule has 17 heavy (non-hydrogen) atoms. The van der Waals surface area contributed by atoms with E-state index in [-0.39, 0.29) is 12.4 Å². The summed E-state index contributed by atoms with van der Waals surface area (Å²) in [6.07, 6.45) is 3.96. The standard InChI is InChI=1S/C13H22N2O.ClH/c1-8-7-15(9(2)6-14-8)13(16)12-10-4-3-5-11(10)12;/h8-12,14H,3-7H2,1-2H3;1H. The van der Waals surface area contributed by atoms with E-state index in [9.17, 15) is 4.79 Å². The van der Waals surface area contributed by atoms with Gasteiger partial charge >= 0.3 is 0 Å². The zero-order chi connectivity index (χ0) is 11.3. The Morgan fingerprint density at radius 3 is 2.53 bits per heavy atom. The van der Waals surface area contributed by atoms with Crippen LogP contribution in [0, 0.1) is 17.8 Å². The molecule has 0 radical (unpaired) electrons. The van der Waals surface area contributed by atoms with Crippen LogP contribution in [0.3, 0.4) is 0 Å². The molecular formula is C13H23ClN2O. The topological polar surface area (TPSA) is 32.3 Å². The summed E-state index contributed by atoms with van der Waals surface area (Å²) in [6, 6.07) is 0.837. The molecule has 3 aliphatic rings. The summed E-state index contributed by atoms with van der Waals surface area (Å²) in [6.45, 7) is 6.18. The second kappa shape index (κ2) is 4.77. The van der Waals surface area contributed by atoms with Crippen molar-refractivity contribution in [3.05, 3.63) is 0 Å². The number of rotatable bonds is 1. The van der Waals surface area contributed by atoms with Gasteiger partial charge < -0.3 is 10.2 Å². The first kappa shape index (κ1) is 13.2. The second-order valence-electron chi connectivity index (χ2n) is 5.93. The van der Waals surface area contributed by atoms with Crippen molar-refractivity contribution >= 4 is 18.3 Å². The first-order valence-electron chi connectivity index (χ1n) is 6.72. The van der Waals surface area contributed by atoms with Crippen LogP contribution in [0.1, 0.15) is 33.1 Å². The lowest BCUT2D eigenvalue weighted by Crippen LogP contribution is -2.56. The fourth-order valence-corrected chi connectivity index (χ4v) is 3.71. The van der Waals surface area contributed by atoms with Crippen molar-refractivity contribution in [3.63, 3.8) is 0 Å². The van der Waals surface area contributed by atoms with E-state index in [1.54, 1.807) is 0 Å². The number of amides is 1. The van der Waals surface area contributed by atoms with Gasteiger partial charge in [0.2, 0.25) is 5.91 Å². The highest BCUT2D eigenvalue weighted by atomic mass is 35.5. The highest BCUT2D eigenvalue weighted by Crippen LogP contribution is 2.58. The molecule has 2 saturated carbocycles. The average Bonchev–Trinajstić information content (AvgIpc) is 2.74. The molecule has 0 aromatic carbocycles. The van der Waals surface area contributed by atoms with Crippen LogP contribution in [0.25, 0.3) is 0 Å². The minimum Gasteiger partial charge on any atom is -0.337 e. The van der Waals surface area contributed by atoms with Crippen LogP contribution < -0.4 is 5.32 Å². The zero-order valence-electron chi connectivity index (χ0n) is 10.7. The van der Waals surface area contributed by atoms with Crippen molar-refractivity contribution in [2.75, 3.05) is 13.1 Å². The molecule has 3 nitrogen and oxygen atoms in total. The molecule has 1 saturated heterocycles. The normalized spacial score (nSPS) is 43.9. The number of carbonyl (C=O) groups is 1. The summed E-state index contributed by atoms with van der Waals surface area (Å²) in [5.74, 6) is 2.37. The molecule has 1 N–H and O–H groups in total. The van der Waals surface area contributed by atoms with E-state index in [2.05, 4.69) is 24.1 Å². The van der Waals surface area contributed by atoms with Crippen LogP contribution in [0.4, 0.5) is 0 Å². The molecule has 4 unspecified atom stereocenters. The monoisotopic (exact) mass is 258 g/mol. The van der Waals surface area contributed by atoms with Gasteiger partial charge in [-0.3, -0.25) is 4.79 Å². The Morgan fingerprint density at radius 1 is 1.24 bits per heavy atom. The van der Waals surface area contributed by atoms with Crippen LogP contribution in [-0.2, 0) is 4.79 Å². The first-order chi connectivity index (χ1) is 7.68. The van der Waals surface area contributed by atoms with Gasteiger partial charge in [0, 0.05) is 31.1 Å². The number of hydrogen-bond acceptors (Lipinski definition) is 2. The molecule has 98 valence electrons. The third-order valence-electron chi connectivity index (χ3n) is 4.74. The van der Waals surface area contributed by atoms with Gasteiger partial charge in [0.05, 0.1) is 0 Å². The predicted octanol–water partition coefficient (Wildman–Crippen LogP) is 1.66. The minimum atomic E-state index is 0. The second-order valence-corrected chi connectivity index (χ2v) is 5.93. The lowest BCUT2D eigenvalue weighted by Gasteiger charge is -2.38. The molecule has 3 fully saturated rings. The Labute approximate surface area is 110 Å². The lowest BCUT2D eigenvalue weighted by atomic mass is 10.1. The van der Waals surface area contributed by atoms with Crippen LogP contribution in [0.5, 0.6) is 0 Å². The highest BCUT2D eigenvalue weighted by molar-refractivity contribution is 5.85. The third-order valence-corrected chi connectivity index (χ3v) is 4.74. The fourth-order valence-electron chi connectivity index (χ4n) is 3.71. The Kier molecular flexibility index (Phi) is 3.69.